The van der Waals surface area contributed by atoms with Gasteiger partial charge in [0.15, 0.2) is 5.75 Å². The lowest BCUT2D eigenvalue weighted by Gasteiger charge is -2.05. The van der Waals surface area contributed by atoms with Crippen molar-refractivity contribution in [2.24, 2.45) is 0 Å². The van der Waals surface area contributed by atoms with Crippen molar-refractivity contribution in [2.75, 3.05) is 0 Å². The molecule has 21 heavy (non-hydrogen) atoms. The monoisotopic (exact) mass is 288 g/mol. The van der Waals surface area contributed by atoms with Crippen LogP contribution in [-0.4, -0.2) is 0 Å². The molecule has 0 aromatic heterocycles. The lowest BCUT2D eigenvalue weighted by molar-refractivity contribution is -0.217. The van der Waals surface area contributed by atoms with E-state index in [1.165, 1.54) is 11.1 Å². The Hall–Kier alpha value is -1.80. The number of hydrogen-bond acceptors (Lipinski definition) is 2. The largest absolute Gasteiger partial charge is 0.337 e. The van der Waals surface area contributed by atoms with E-state index in [1.807, 2.05) is 71.0 Å². The SMILES string of the molecule is CC.CC.Cc1ccc(COOc2ccc(C)cc2)cc1. The van der Waals surface area contributed by atoms with E-state index in [0.29, 0.717) is 6.61 Å². The number of hydrogen-bond donors (Lipinski definition) is 0. The van der Waals surface area contributed by atoms with Crippen molar-refractivity contribution in [3.05, 3.63) is 65.2 Å². The summed E-state index contributed by atoms with van der Waals surface area (Å²) in [6.07, 6.45) is 0. The molecule has 0 N–H and O–H groups in total. The van der Waals surface area contributed by atoms with Crippen LogP contribution in [-0.2, 0) is 11.5 Å². The molecule has 0 aliphatic carbocycles. The highest BCUT2D eigenvalue weighted by molar-refractivity contribution is 5.25. The van der Waals surface area contributed by atoms with Crippen molar-refractivity contribution in [3.63, 3.8) is 0 Å². The molecule has 2 rings (SSSR count). The van der Waals surface area contributed by atoms with Crippen LogP contribution >= 0.6 is 0 Å². The van der Waals surface area contributed by atoms with Gasteiger partial charge in [-0.3, -0.25) is 0 Å². The third-order valence-electron chi connectivity index (χ3n) is 2.52. The Morgan fingerprint density at radius 1 is 0.667 bits per heavy atom. The molecule has 2 aromatic carbocycles. The molecule has 0 atom stereocenters. The second kappa shape index (κ2) is 12.0. The molecular weight excluding hydrogens is 260 g/mol. The molecule has 0 fully saturated rings. The summed E-state index contributed by atoms with van der Waals surface area (Å²) in [6, 6.07) is 16.0. The number of aryl methyl sites for hydroxylation is 2. The first-order chi connectivity index (χ1) is 10.2. The summed E-state index contributed by atoms with van der Waals surface area (Å²) < 4.78 is 0. The maximum atomic E-state index is 5.20. The summed E-state index contributed by atoms with van der Waals surface area (Å²) in [7, 11) is 0. The lowest BCUT2D eigenvalue weighted by Crippen LogP contribution is -1.97. The Morgan fingerprint density at radius 3 is 1.57 bits per heavy atom. The third-order valence-corrected chi connectivity index (χ3v) is 2.52. The van der Waals surface area contributed by atoms with E-state index in [-0.39, 0.29) is 0 Å². The second-order valence-corrected chi connectivity index (χ2v) is 4.14. The highest BCUT2D eigenvalue weighted by Gasteiger charge is 1.96. The topological polar surface area (TPSA) is 18.5 Å². The molecule has 2 nitrogen and oxygen atoms in total. The van der Waals surface area contributed by atoms with Gasteiger partial charge in [0.25, 0.3) is 0 Å². The molecule has 0 radical (unpaired) electrons. The zero-order valence-electron chi connectivity index (χ0n) is 14.1. The van der Waals surface area contributed by atoms with Crippen LogP contribution in [0, 0.1) is 13.8 Å². The summed E-state index contributed by atoms with van der Waals surface area (Å²) in [5.74, 6) is 0.725. The summed E-state index contributed by atoms with van der Waals surface area (Å²) in [4.78, 5) is 10.4. The van der Waals surface area contributed by atoms with Gasteiger partial charge in [-0.25, -0.2) is 0 Å². The number of benzene rings is 2. The third kappa shape index (κ3) is 8.16. The minimum atomic E-state index is 0.453. The van der Waals surface area contributed by atoms with Crippen molar-refractivity contribution in [3.8, 4) is 5.75 Å². The van der Waals surface area contributed by atoms with Crippen molar-refractivity contribution in [1.82, 2.24) is 0 Å². The maximum Gasteiger partial charge on any atom is 0.165 e. The van der Waals surface area contributed by atoms with Gasteiger partial charge in [0, 0.05) is 0 Å². The molecule has 116 valence electrons. The van der Waals surface area contributed by atoms with E-state index in [4.69, 9.17) is 9.78 Å². The van der Waals surface area contributed by atoms with E-state index < -0.39 is 0 Å². The number of rotatable bonds is 4. The van der Waals surface area contributed by atoms with Crippen molar-refractivity contribution in [2.45, 2.75) is 48.1 Å². The van der Waals surface area contributed by atoms with Crippen LogP contribution < -0.4 is 4.89 Å². The maximum absolute atomic E-state index is 5.20. The molecule has 2 heteroatoms. The normalized spacial score (nSPS) is 8.86. The van der Waals surface area contributed by atoms with E-state index >= 15 is 0 Å². The van der Waals surface area contributed by atoms with Crippen molar-refractivity contribution < 1.29 is 9.78 Å². The van der Waals surface area contributed by atoms with Crippen LogP contribution in [0.15, 0.2) is 48.5 Å². The van der Waals surface area contributed by atoms with Gasteiger partial charge in [-0.2, -0.15) is 4.89 Å². The summed E-state index contributed by atoms with van der Waals surface area (Å²) in [5, 5.41) is 0. The Bertz CT molecular complexity index is 412. The molecule has 0 unspecified atom stereocenters. The molecular formula is C19H28O2. The Labute approximate surface area is 129 Å². The molecule has 2 aromatic rings. The average Bonchev–Trinajstić information content (AvgIpc) is 2.55. The highest BCUT2D eigenvalue weighted by Crippen LogP contribution is 2.12. The predicted molar refractivity (Wildman–Crippen MR) is 90.5 cm³/mol. The van der Waals surface area contributed by atoms with Gasteiger partial charge in [0.05, 0.1) is 0 Å². The van der Waals surface area contributed by atoms with Crippen LogP contribution in [0.1, 0.15) is 44.4 Å². The van der Waals surface area contributed by atoms with Crippen LogP contribution in [0.5, 0.6) is 5.75 Å². The fraction of sp³-hybridized carbons (Fsp3) is 0.368. The van der Waals surface area contributed by atoms with Crippen LogP contribution in [0.25, 0.3) is 0 Å². The van der Waals surface area contributed by atoms with Crippen molar-refractivity contribution in [1.29, 1.82) is 0 Å². The van der Waals surface area contributed by atoms with Gasteiger partial charge < -0.3 is 4.89 Å². The molecule has 0 heterocycles. The summed E-state index contributed by atoms with van der Waals surface area (Å²) in [6.45, 7) is 12.6. The average molecular weight is 288 g/mol. The molecule has 0 aliphatic heterocycles. The van der Waals surface area contributed by atoms with E-state index in [9.17, 15) is 0 Å². The first-order valence-corrected chi connectivity index (χ1v) is 7.66. The zero-order valence-corrected chi connectivity index (χ0v) is 14.1. The van der Waals surface area contributed by atoms with Gasteiger partial charge in [-0.1, -0.05) is 75.2 Å². The standard InChI is InChI=1S/C15H16O2.2C2H6/c1-12-3-7-14(8-4-12)11-16-17-15-9-5-13(2)6-10-15;2*1-2/h3-10H,11H2,1-2H3;2*1-2H3. The molecule has 0 saturated heterocycles. The Morgan fingerprint density at radius 2 is 1.10 bits per heavy atom. The minimum absolute atomic E-state index is 0.453. The molecule has 0 amide bonds. The smallest absolute Gasteiger partial charge is 0.165 e. The van der Waals surface area contributed by atoms with Gasteiger partial charge >= 0.3 is 0 Å². The lowest BCUT2D eigenvalue weighted by atomic mass is 10.2. The molecule has 0 spiro atoms. The predicted octanol–water partition coefficient (Wildman–Crippen LogP) is 5.87. The van der Waals surface area contributed by atoms with E-state index in [2.05, 4.69) is 19.1 Å². The van der Waals surface area contributed by atoms with Crippen LogP contribution in [0.3, 0.4) is 0 Å². The fourth-order valence-electron chi connectivity index (χ4n) is 1.44. The van der Waals surface area contributed by atoms with Crippen molar-refractivity contribution >= 4 is 0 Å². The second-order valence-electron chi connectivity index (χ2n) is 4.14. The van der Waals surface area contributed by atoms with Gasteiger partial charge in [-0.05, 0) is 31.5 Å². The Kier molecular flexibility index (Phi) is 11.0. The molecule has 0 bridgehead atoms. The fourth-order valence-corrected chi connectivity index (χ4v) is 1.44. The van der Waals surface area contributed by atoms with Crippen LogP contribution in [0.2, 0.25) is 0 Å². The van der Waals surface area contributed by atoms with Gasteiger partial charge in [0.2, 0.25) is 0 Å². The molecule has 0 aliphatic rings. The van der Waals surface area contributed by atoms with E-state index in [1.54, 1.807) is 0 Å². The van der Waals surface area contributed by atoms with Gasteiger partial charge in [0.1, 0.15) is 6.61 Å². The molecule has 0 saturated carbocycles. The highest BCUT2D eigenvalue weighted by atomic mass is 17.2. The quantitative estimate of drug-likeness (QED) is 0.517. The zero-order chi connectivity index (χ0) is 16.1. The van der Waals surface area contributed by atoms with Crippen LogP contribution in [0.4, 0.5) is 0 Å². The minimum Gasteiger partial charge on any atom is -0.337 e. The summed E-state index contributed by atoms with van der Waals surface area (Å²) >= 11 is 0. The van der Waals surface area contributed by atoms with Gasteiger partial charge in [-0.15, -0.1) is 0 Å². The van der Waals surface area contributed by atoms with E-state index in [0.717, 1.165) is 11.3 Å². The first kappa shape index (κ1) is 19.2. The Balaban J connectivity index is 0.000000921. The first-order valence-electron chi connectivity index (χ1n) is 7.66. The summed E-state index contributed by atoms with van der Waals surface area (Å²) in [5.41, 5.74) is 3.55.